The average molecular weight is 377 g/mol. The molecule has 1 aliphatic rings. The predicted molar refractivity (Wildman–Crippen MR) is 97.9 cm³/mol. The van der Waals surface area contributed by atoms with Gasteiger partial charge in [-0.05, 0) is 37.3 Å². The molecule has 0 saturated carbocycles. The SMILES string of the molecule is Cc1noc2nc(-c3ccc(F)cc3)cc(C(=O)NCC3CNC3)c12.Cl. The minimum absolute atomic E-state index is 0. The number of pyridine rings is 1. The number of fused-ring (bicyclic) bond motifs is 1. The van der Waals surface area contributed by atoms with Crippen molar-refractivity contribution in [2.45, 2.75) is 6.92 Å². The summed E-state index contributed by atoms with van der Waals surface area (Å²) >= 11 is 0. The number of aryl methyl sites for hydroxylation is 1. The second kappa shape index (κ2) is 7.39. The summed E-state index contributed by atoms with van der Waals surface area (Å²) in [4.78, 5) is 17.1. The summed E-state index contributed by atoms with van der Waals surface area (Å²) in [5.74, 6) is -0.0530. The van der Waals surface area contributed by atoms with Crippen molar-refractivity contribution in [3.63, 3.8) is 0 Å². The Bertz CT molecular complexity index is 938. The highest BCUT2D eigenvalue weighted by Gasteiger charge is 2.22. The van der Waals surface area contributed by atoms with E-state index in [2.05, 4.69) is 20.8 Å². The maximum absolute atomic E-state index is 13.2. The lowest BCUT2D eigenvalue weighted by molar-refractivity contribution is 0.0943. The molecule has 3 aromatic rings. The van der Waals surface area contributed by atoms with Crippen LogP contribution in [0.5, 0.6) is 0 Å². The van der Waals surface area contributed by atoms with Crippen LogP contribution in [0.15, 0.2) is 34.9 Å². The zero-order valence-electron chi connectivity index (χ0n) is 14.1. The molecular formula is C18H18ClFN4O2. The van der Waals surface area contributed by atoms with Crippen LogP contribution in [0.25, 0.3) is 22.4 Å². The molecule has 26 heavy (non-hydrogen) atoms. The first-order valence-corrected chi connectivity index (χ1v) is 8.13. The molecule has 1 aliphatic heterocycles. The number of carbonyl (C=O) groups is 1. The highest BCUT2D eigenvalue weighted by atomic mass is 35.5. The third-order valence-corrected chi connectivity index (χ3v) is 4.42. The maximum atomic E-state index is 13.2. The van der Waals surface area contributed by atoms with Gasteiger partial charge in [-0.25, -0.2) is 9.37 Å². The van der Waals surface area contributed by atoms with Gasteiger partial charge in [0.2, 0.25) is 0 Å². The summed E-state index contributed by atoms with van der Waals surface area (Å²) in [6, 6.07) is 7.66. The molecule has 4 rings (SSSR count). The van der Waals surface area contributed by atoms with Gasteiger partial charge in [-0.15, -0.1) is 12.4 Å². The third-order valence-electron chi connectivity index (χ3n) is 4.42. The third kappa shape index (κ3) is 3.40. The molecule has 0 aliphatic carbocycles. The fourth-order valence-electron chi connectivity index (χ4n) is 2.87. The summed E-state index contributed by atoms with van der Waals surface area (Å²) in [7, 11) is 0. The van der Waals surface area contributed by atoms with E-state index in [1.54, 1.807) is 25.1 Å². The topological polar surface area (TPSA) is 80.0 Å². The van der Waals surface area contributed by atoms with E-state index in [9.17, 15) is 9.18 Å². The number of benzene rings is 1. The van der Waals surface area contributed by atoms with E-state index in [0.717, 1.165) is 13.1 Å². The lowest BCUT2D eigenvalue weighted by Crippen LogP contribution is -2.48. The number of nitrogens with one attached hydrogen (secondary N) is 2. The Morgan fingerprint density at radius 3 is 2.73 bits per heavy atom. The van der Waals surface area contributed by atoms with Crippen molar-refractivity contribution in [3.05, 3.63) is 47.4 Å². The number of hydrogen-bond donors (Lipinski definition) is 2. The van der Waals surface area contributed by atoms with E-state index in [0.29, 0.717) is 46.1 Å². The lowest BCUT2D eigenvalue weighted by Gasteiger charge is -2.27. The smallest absolute Gasteiger partial charge is 0.259 e. The van der Waals surface area contributed by atoms with E-state index in [1.165, 1.54) is 12.1 Å². The molecule has 0 spiro atoms. The summed E-state index contributed by atoms with van der Waals surface area (Å²) < 4.78 is 18.4. The molecule has 8 heteroatoms. The molecule has 3 heterocycles. The Morgan fingerprint density at radius 2 is 2.08 bits per heavy atom. The van der Waals surface area contributed by atoms with Crippen molar-refractivity contribution in [1.29, 1.82) is 0 Å². The summed E-state index contributed by atoms with van der Waals surface area (Å²) in [6.45, 7) is 4.22. The molecule has 0 unspecified atom stereocenters. The van der Waals surface area contributed by atoms with Gasteiger partial charge in [-0.3, -0.25) is 4.79 Å². The quantitative estimate of drug-likeness (QED) is 0.731. The Kier molecular flexibility index (Phi) is 5.20. The summed E-state index contributed by atoms with van der Waals surface area (Å²) in [5.41, 5.74) is 2.63. The van der Waals surface area contributed by atoms with Crippen LogP contribution in [-0.2, 0) is 0 Å². The zero-order valence-corrected chi connectivity index (χ0v) is 14.9. The van der Waals surface area contributed by atoms with E-state index < -0.39 is 0 Å². The van der Waals surface area contributed by atoms with Crippen LogP contribution < -0.4 is 10.6 Å². The highest BCUT2D eigenvalue weighted by molar-refractivity contribution is 6.07. The first kappa shape index (κ1) is 18.3. The molecule has 1 fully saturated rings. The molecule has 6 nitrogen and oxygen atoms in total. The van der Waals surface area contributed by atoms with Gasteiger partial charge in [0.25, 0.3) is 11.6 Å². The largest absolute Gasteiger partial charge is 0.352 e. The summed E-state index contributed by atoms with van der Waals surface area (Å²) in [6.07, 6.45) is 0. The minimum atomic E-state index is -0.326. The monoisotopic (exact) mass is 376 g/mol. The average Bonchev–Trinajstić information content (AvgIpc) is 2.94. The van der Waals surface area contributed by atoms with Crippen molar-refractivity contribution in [2.24, 2.45) is 5.92 Å². The van der Waals surface area contributed by atoms with Crippen LogP contribution in [0.3, 0.4) is 0 Å². The molecule has 0 atom stereocenters. The summed E-state index contributed by atoms with van der Waals surface area (Å²) in [5, 5.41) is 10.7. The van der Waals surface area contributed by atoms with Gasteiger partial charge in [0.1, 0.15) is 5.82 Å². The molecular weight excluding hydrogens is 359 g/mol. The van der Waals surface area contributed by atoms with Gasteiger partial charge < -0.3 is 15.2 Å². The first-order chi connectivity index (χ1) is 12.1. The normalized spacial score (nSPS) is 13.9. The van der Waals surface area contributed by atoms with Gasteiger partial charge >= 0.3 is 0 Å². The van der Waals surface area contributed by atoms with Crippen molar-refractivity contribution >= 4 is 29.4 Å². The molecule has 0 radical (unpaired) electrons. The number of aromatic nitrogens is 2. The van der Waals surface area contributed by atoms with Crippen molar-refractivity contribution in [3.8, 4) is 11.3 Å². The first-order valence-electron chi connectivity index (χ1n) is 8.13. The Hall–Kier alpha value is -2.51. The molecule has 136 valence electrons. The van der Waals surface area contributed by atoms with Crippen LogP contribution in [0, 0.1) is 18.7 Å². The number of carbonyl (C=O) groups excluding carboxylic acids is 1. The molecule has 2 aromatic heterocycles. The molecule has 1 aromatic carbocycles. The van der Waals surface area contributed by atoms with Gasteiger partial charge in [-0.2, -0.15) is 0 Å². The van der Waals surface area contributed by atoms with Gasteiger partial charge in [0, 0.05) is 31.1 Å². The second-order valence-corrected chi connectivity index (χ2v) is 6.24. The Morgan fingerprint density at radius 1 is 1.35 bits per heavy atom. The van der Waals surface area contributed by atoms with E-state index in [-0.39, 0.29) is 24.1 Å². The van der Waals surface area contributed by atoms with Crippen molar-refractivity contribution in [1.82, 2.24) is 20.8 Å². The van der Waals surface area contributed by atoms with Gasteiger partial charge in [-0.1, -0.05) is 5.16 Å². The van der Waals surface area contributed by atoms with Crippen molar-refractivity contribution in [2.75, 3.05) is 19.6 Å². The standard InChI is InChI=1S/C18H17FN4O2.ClH/c1-10-16-14(17(24)21-9-11-7-20-8-11)6-15(22-18(16)25-23-10)12-2-4-13(19)5-3-12;/h2-6,11,20H,7-9H2,1H3,(H,21,24);1H. The van der Waals surface area contributed by atoms with Crippen LogP contribution in [0.1, 0.15) is 16.1 Å². The van der Waals surface area contributed by atoms with Crippen LogP contribution in [-0.4, -0.2) is 35.7 Å². The van der Waals surface area contributed by atoms with Gasteiger partial charge in [0.15, 0.2) is 0 Å². The Balaban J connectivity index is 0.00000196. The fourth-order valence-corrected chi connectivity index (χ4v) is 2.87. The van der Waals surface area contributed by atoms with E-state index in [1.807, 2.05) is 0 Å². The maximum Gasteiger partial charge on any atom is 0.259 e. The highest BCUT2D eigenvalue weighted by Crippen LogP contribution is 2.27. The predicted octanol–water partition coefficient (Wildman–Crippen LogP) is 2.71. The fraction of sp³-hybridized carbons (Fsp3) is 0.278. The molecule has 1 amide bonds. The van der Waals surface area contributed by atoms with Crippen LogP contribution in [0.4, 0.5) is 4.39 Å². The molecule has 1 saturated heterocycles. The second-order valence-electron chi connectivity index (χ2n) is 6.24. The number of nitrogens with zero attached hydrogens (tertiary/aromatic N) is 2. The minimum Gasteiger partial charge on any atom is -0.352 e. The zero-order chi connectivity index (χ0) is 17.4. The van der Waals surface area contributed by atoms with E-state index >= 15 is 0 Å². The number of amides is 1. The van der Waals surface area contributed by atoms with Gasteiger partial charge in [0.05, 0.1) is 22.3 Å². The van der Waals surface area contributed by atoms with Crippen molar-refractivity contribution < 1.29 is 13.7 Å². The van der Waals surface area contributed by atoms with E-state index in [4.69, 9.17) is 4.52 Å². The number of rotatable bonds is 4. The Labute approximate surface area is 155 Å². The lowest BCUT2D eigenvalue weighted by atomic mass is 10.0. The number of halogens is 2. The van der Waals surface area contributed by atoms with Crippen LogP contribution >= 0.6 is 12.4 Å². The molecule has 0 bridgehead atoms. The molecule has 2 N–H and O–H groups in total. The number of hydrogen-bond acceptors (Lipinski definition) is 5. The van der Waals surface area contributed by atoms with Crippen LogP contribution in [0.2, 0.25) is 0 Å².